The summed E-state index contributed by atoms with van der Waals surface area (Å²) in [5.74, 6) is 0. The number of hydrazone groups is 1. The lowest BCUT2D eigenvalue weighted by atomic mass is 10.2. The molecule has 4 nitrogen and oxygen atoms in total. The Morgan fingerprint density at radius 2 is 1.94 bits per heavy atom. The number of halogens is 1. The Kier molecular flexibility index (Phi) is 5.81. The summed E-state index contributed by atoms with van der Waals surface area (Å²) in [5, 5.41) is 3.90. The SMILES string of the molecule is CCCC/C(C)=N/NS(=O)(=O)c1ccc(Br)cc1. The number of nitrogens with zero attached hydrogens (tertiary/aromatic N) is 1. The summed E-state index contributed by atoms with van der Waals surface area (Å²) in [7, 11) is -3.56. The molecule has 6 heteroatoms. The molecule has 0 aliphatic rings. The van der Waals surface area contributed by atoms with Gasteiger partial charge in [0.1, 0.15) is 0 Å². The zero-order valence-corrected chi connectivity index (χ0v) is 12.9. The largest absolute Gasteiger partial charge is 0.276 e. The van der Waals surface area contributed by atoms with Crippen LogP contribution >= 0.6 is 15.9 Å². The summed E-state index contributed by atoms with van der Waals surface area (Å²) < 4.78 is 24.6. The average molecular weight is 333 g/mol. The molecule has 0 aromatic heterocycles. The molecule has 0 atom stereocenters. The van der Waals surface area contributed by atoms with Crippen LogP contribution in [0.2, 0.25) is 0 Å². The van der Waals surface area contributed by atoms with E-state index in [-0.39, 0.29) is 4.90 Å². The first-order valence-electron chi connectivity index (χ1n) is 5.76. The number of hydrogen-bond acceptors (Lipinski definition) is 3. The molecule has 0 bridgehead atoms. The van der Waals surface area contributed by atoms with Crippen LogP contribution in [-0.4, -0.2) is 14.1 Å². The molecule has 0 spiro atoms. The fourth-order valence-electron chi connectivity index (χ4n) is 1.29. The Labute approximate surface area is 117 Å². The number of benzene rings is 1. The number of nitrogens with one attached hydrogen (secondary N) is 1. The maximum atomic E-state index is 11.9. The molecule has 0 radical (unpaired) electrons. The lowest BCUT2D eigenvalue weighted by molar-refractivity contribution is 0.584. The van der Waals surface area contributed by atoms with Crippen LogP contribution in [0.1, 0.15) is 33.1 Å². The van der Waals surface area contributed by atoms with Gasteiger partial charge in [-0.05, 0) is 44.0 Å². The van der Waals surface area contributed by atoms with Gasteiger partial charge >= 0.3 is 0 Å². The van der Waals surface area contributed by atoms with Crippen molar-refractivity contribution in [2.24, 2.45) is 5.10 Å². The lowest BCUT2D eigenvalue weighted by Crippen LogP contribution is -2.19. The molecule has 18 heavy (non-hydrogen) atoms. The van der Waals surface area contributed by atoms with Crippen molar-refractivity contribution in [2.45, 2.75) is 38.0 Å². The Balaban J connectivity index is 2.73. The summed E-state index contributed by atoms with van der Waals surface area (Å²) in [4.78, 5) is 2.45. The van der Waals surface area contributed by atoms with Gasteiger partial charge in [-0.3, -0.25) is 0 Å². The van der Waals surface area contributed by atoms with Crippen molar-refractivity contribution in [3.05, 3.63) is 28.7 Å². The van der Waals surface area contributed by atoms with Crippen molar-refractivity contribution in [1.29, 1.82) is 0 Å². The third kappa shape index (κ3) is 4.78. The molecular formula is C12H17BrN2O2S. The van der Waals surface area contributed by atoms with E-state index in [4.69, 9.17) is 0 Å². The quantitative estimate of drug-likeness (QED) is 0.641. The topological polar surface area (TPSA) is 58.5 Å². The minimum atomic E-state index is -3.56. The average Bonchev–Trinajstić information content (AvgIpc) is 2.34. The van der Waals surface area contributed by atoms with E-state index in [1.165, 1.54) is 12.1 Å². The summed E-state index contributed by atoms with van der Waals surface area (Å²) in [6.07, 6.45) is 2.88. The van der Waals surface area contributed by atoms with Crippen LogP contribution in [0.25, 0.3) is 0 Å². The lowest BCUT2D eigenvalue weighted by Gasteiger charge is -2.05. The van der Waals surface area contributed by atoms with E-state index in [9.17, 15) is 8.42 Å². The normalized spacial score (nSPS) is 12.5. The molecule has 0 fully saturated rings. The number of unbranched alkanes of at least 4 members (excludes halogenated alkanes) is 1. The first-order chi connectivity index (χ1) is 8.45. The van der Waals surface area contributed by atoms with Crippen molar-refractivity contribution in [3.63, 3.8) is 0 Å². The second-order valence-electron chi connectivity index (χ2n) is 4.00. The maximum absolute atomic E-state index is 11.9. The van der Waals surface area contributed by atoms with Gasteiger partial charge in [0.15, 0.2) is 0 Å². The molecule has 0 heterocycles. The van der Waals surface area contributed by atoms with Gasteiger partial charge in [0.25, 0.3) is 10.0 Å². The summed E-state index contributed by atoms with van der Waals surface area (Å²) in [5.41, 5.74) is 0.789. The zero-order chi connectivity index (χ0) is 13.6. The Morgan fingerprint density at radius 1 is 1.33 bits per heavy atom. The number of rotatable bonds is 6. The monoisotopic (exact) mass is 332 g/mol. The molecule has 1 N–H and O–H groups in total. The highest BCUT2D eigenvalue weighted by Gasteiger charge is 2.12. The minimum absolute atomic E-state index is 0.206. The van der Waals surface area contributed by atoms with Crippen molar-refractivity contribution in [1.82, 2.24) is 4.83 Å². The molecule has 1 aromatic carbocycles. The highest BCUT2D eigenvalue weighted by Crippen LogP contribution is 2.14. The molecule has 1 rings (SSSR count). The predicted octanol–water partition coefficient (Wildman–Crippen LogP) is 3.29. The molecule has 100 valence electrons. The molecule has 0 saturated heterocycles. The summed E-state index contributed by atoms with van der Waals surface area (Å²) in [6.45, 7) is 3.90. The highest BCUT2D eigenvalue weighted by atomic mass is 79.9. The molecule has 0 unspecified atom stereocenters. The van der Waals surface area contributed by atoms with Crippen LogP contribution < -0.4 is 4.83 Å². The summed E-state index contributed by atoms with van der Waals surface area (Å²) >= 11 is 3.26. The fraction of sp³-hybridized carbons (Fsp3) is 0.417. The zero-order valence-electron chi connectivity index (χ0n) is 10.5. The first-order valence-corrected chi connectivity index (χ1v) is 8.04. The van der Waals surface area contributed by atoms with E-state index < -0.39 is 10.0 Å². The highest BCUT2D eigenvalue weighted by molar-refractivity contribution is 9.10. The van der Waals surface area contributed by atoms with Crippen LogP contribution in [0.3, 0.4) is 0 Å². The third-order valence-corrected chi connectivity index (χ3v) is 4.13. The molecule has 1 aromatic rings. The van der Waals surface area contributed by atoms with Crippen LogP contribution in [-0.2, 0) is 10.0 Å². The van der Waals surface area contributed by atoms with Gasteiger partial charge in [-0.1, -0.05) is 29.3 Å². The second-order valence-corrected chi connectivity index (χ2v) is 6.58. The van der Waals surface area contributed by atoms with Crippen LogP contribution in [0, 0.1) is 0 Å². The molecule has 0 aliphatic heterocycles. The van der Waals surface area contributed by atoms with E-state index in [1.807, 2.05) is 6.92 Å². The van der Waals surface area contributed by atoms with Gasteiger partial charge in [0.05, 0.1) is 4.90 Å². The fourth-order valence-corrected chi connectivity index (χ4v) is 2.43. The molecule has 0 saturated carbocycles. The first kappa shape index (κ1) is 15.2. The van der Waals surface area contributed by atoms with E-state index in [0.29, 0.717) is 0 Å². The van der Waals surface area contributed by atoms with Gasteiger partial charge in [0, 0.05) is 10.2 Å². The van der Waals surface area contributed by atoms with E-state index in [2.05, 4.69) is 32.8 Å². The van der Waals surface area contributed by atoms with Crippen molar-refractivity contribution in [2.75, 3.05) is 0 Å². The number of sulfonamides is 1. The molecule has 0 aliphatic carbocycles. The predicted molar refractivity (Wildman–Crippen MR) is 77.1 cm³/mol. The van der Waals surface area contributed by atoms with Gasteiger partial charge < -0.3 is 0 Å². The number of hydrogen-bond donors (Lipinski definition) is 1. The summed E-state index contributed by atoms with van der Waals surface area (Å²) in [6, 6.07) is 6.43. The van der Waals surface area contributed by atoms with Gasteiger partial charge in [-0.15, -0.1) is 0 Å². The Morgan fingerprint density at radius 3 is 2.50 bits per heavy atom. The van der Waals surface area contributed by atoms with E-state index in [0.717, 1.165) is 29.4 Å². The Bertz CT molecular complexity index is 509. The molecule has 0 amide bonds. The Hall–Kier alpha value is -0.880. The third-order valence-electron chi connectivity index (χ3n) is 2.37. The van der Waals surface area contributed by atoms with Crippen LogP contribution in [0.15, 0.2) is 38.7 Å². The minimum Gasteiger partial charge on any atom is -0.200 e. The maximum Gasteiger partial charge on any atom is 0.276 e. The van der Waals surface area contributed by atoms with E-state index >= 15 is 0 Å². The standard InChI is InChI=1S/C12H17BrN2O2S/c1-3-4-5-10(2)14-15-18(16,17)12-8-6-11(13)7-9-12/h6-9,15H,3-5H2,1-2H3/b14-10+. The van der Waals surface area contributed by atoms with Crippen molar-refractivity contribution in [3.8, 4) is 0 Å². The van der Waals surface area contributed by atoms with Crippen molar-refractivity contribution >= 4 is 31.7 Å². The van der Waals surface area contributed by atoms with E-state index in [1.54, 1.807) is 12.1 Å². The smallest absolute Gasteiger partial charge is 0.200 e. The van der Waals surface area contributed by atoms with Gasteiger partial charge in [-0.25, -0.2) is 4.83 Å². The van der Waals surface area contributed by atoms with Crippen molar-refractivity contribution < 1.29 is 8.42 Å². The van der Waals surface area contributed by atoms with Crippen LogP contribution in [0.4, 0.5) is 0 Å². The van der Waals surface area contributed by atoms with Gasteiger partial charge in [0.2, 0.25) is 0 Å². The second kappa shape index (κ2) is 6.89. The van der Waals surface area contributed by atoms with Gasteiger partial charge in [-0.2, -0.15) is 13.5 Å². The molecular weight excluding hydrogens is 316 g/mol. The van der Waals surface area contributed by atoms with Crippen LogP contribution in [0.5, 0.6) is 0 Å².